The Kier molecular flexibility index (Phi) is 2.16. The van der Waals surface area contributed by atoms with Crippen LogP contribution in [0.25, 0.3) is 0 Å². The smallest absolute Gasteiger partial charge is 0.393 e. The van der Waals surface area contributed by atoms with Gasteiger partial charge in [0.1, 0.15) is 11.3 Å². The highest BCUT2D eigenvalue weighted by Crippen LogP contribution is 2.29. The minimum atomic E-state index is -0.575. The molecule has 7 nitrogen and oxygen atoms in total. The lowest BCUT2D eigenvalue weighted by Crippen LogP contribution is -2.07. The van der Waals surface area contributed by atoms with Gasteiger partial charge in [-0.05, 0) is 24.2 Å². The van der Waals surface area contributed by atoms with Crippen LogP contribution in [0.15, 0.2) is 6.20 Å². The molecule has 0 radical (unpaired) electrons. The van der Waals surface area contributed by atoms with E-state index in [1.54, 1.807) is 0 Å². The first kappa shape index (κ1) is 9.07. The maximum atomic E-state index is 10.3. The van der Waals surface area contributed by atoms with Crippen molar-refractivity contribution < 1.29 is 10.0 Å². The second kappa shape index (κ2) is 3.33. The molecule has 76 valence electrons. The monoisotopic (exact) mass is 198 g/mol. The highest BCUT2D eigenvalue weighted by Gasteiger charge is 2.27. The minimum absolute atomic E-state index is 0.0474. The molecule has 1 fully saturated rings. The Bertz CT molecular complexity index is 350. The van der Waals surface area contributed by atoms with Crippen LogP contribution in [0.4, 0.5) is 5.82 Å². The topological polar surface area (TPSA) is 94.1 Å². The van der Waals surface area contributed by atoms with Gasteiger partial charge < -0.3 is 15.2 Å². The first-order valence-electron chi connectivity index (χ1n) is 4.41. The zero-order valence-corrected chi connectivity index (χ0v) is 7.41. The molecule has 0 spiro atoms. The quantitative estimate of drug-likeness (QED) is 0.543. The number of aliphatic hydroxyl groups is 1. The molecule has 2 atom stereocenters. The fourth-order valence-corrected chi connectivity index (χ4v) is 1.70. The Hall–Kier alpha value is -1.50. The van der Waals surface area contributed by atoms with Gasteiger partial charge in [0.2, 0.25) is 0 Å². The van der Waals surface area contributed by atoms with Gasteiger partial charge in [0.25, 0.3) is 0 Å². The van der Waals surface area contributed by atoms with E-state index in [0.29, 0.717) is 6.42 Å². The van der Waals surface area contributed by atoms with Crippen molar-refractivity contribution in [3.63, 3.8) is 0 Å². The van der Waals surface area contributed by atoms with Crippen LogP contribution in [0.3, 0.4) is 0 Å². The fourth-order valence-electron chi connectivity index (χ4n) is 1.70. The number of aromatic nitrogens is 3. The largest absolute Gasteiger partial charge is 0.410 e. The molecule has 7 heteroatoms. The van der Waals surface area contributed by atoms with Gasteiger partial charge in [-0.2, -0.15) is 0 Å². The van der Waals surface area contributed by atoms with Gasteiger partial charge in [0, 0.05) is 0 Å². The highest BCUT2D eigenvalue weighted by molar-refractivity contribution is 5.09. The van der Waals surface area contributed by atoms with Crippen LogP contribution < -0.4 is 0 Å². The van der Waals surface area contributed by atoms with E-state index in [1.807, 2.05) is 0 Å². The predicted octanol–water partition coefficient (Wildman–Crippen LogP) is 0.272. The molecule has 1 aromatic heterocycles. The van der Waals surface area contributed by atoms with Crippen molar-refractivity contribution in [2.24, 2.45) is 0 Å². The molecule has 1 aliphatic carbocycles. The predicted molar refractivity (Wildman–Crippen MR) is 45.6 cm³/mol. The lowest BCUT2D eigenvalue weighted by Gasteiger charge is -2.05. The first-order valence-corrected chi connectivity index (χ1v) is 4.41. The van der Waals surface area contributed by atoms with Crippen molar-refractivity contribution in [1.29, 1.82) is 0 Å². The third kappa shape index (κ3) is 1.58. The summed E-state index contributed by atoms with van der Waals surface area (Å²) in [7, 11) is 0. The molecule has 0 bridgehead atoms. The minimum Gasteiger partial charge on any atom is -0.393 e. The Morgan fingerprint density at radius 2 is 2.43 bits per heavy atom. The van der Waals surface area contributed by atoms with Gasteiger partial charge in [0.15, 0.2) is 0 Å². The summed E-state index contributed by atoms with van der Waals surface area (Å²) in [4.78, 5) is 9.76. The summed E-state index contributed by atoms with van der Waals surface area (Å²) in [6.45, 7) is 0. The van der Waals surface area contributed by atoms with E-state index in [1.165, 1.54) is 10.9 Å². The molecule has 1 saturated carbocycles. The lowest BCUT2D eigenvalue weighted by atomic mass is 10.2. The standard InChI is InChI=1S/C7H10N4O3/c12-6-2-1-5(3-6)10-4-7(8-9-10)11(13)14/h4-6,12H,1-3H2. The van der Waals surface area contributed by atoms with Crippen LogP contribution in [0.2, 0.25) is 0 Å². The number of rotatable bonds is 2. The Morgan fingerprint density at radius 1 is 1.64 bits per heavy atom. The summed E-state index contributed by atoms with van der Waals surface area (Å²) >= 11 is 0. The molecule has 0 aromatic carbocycles. The van der Waals surface area contributed by atoms with Crippen molar-refractivity contribution in [3.05, 3.63) is 16.3 Å². The third-order valence-corrected chi connectivity index (χ3v) is 2.44. The zero-order chi connectivity index (χ0) is 10.1. The summed E-state index contributed by atoms with van der Waals surface area (Å²) in [5, 5.41) is 26.7. The summed E-state index contributed by atoms with van der Waals surface area (Å²) in [6, 6.07) is 0.0474. The van der Waals surface area contributed by atoms with E-state index in [9.17, 15) is 15.2 Å². The van der Waals surface area contributed by atoms with Crippen molar-refractivity contribution in [2.45, 2.75) is 31.4 Å². The highest BCUT2D eigenvalue weighted by atomic mass is 16.6. The molecule has 1 aromatic rings. The van der Waals surface area contributed by atoms with E-state index in [2.05, 4.69) is 10.3 Å². The molecular formula is C7H10N4O3. The number of nitrogens with zero attached hydrogens (tertiary/aromatic N) is 4. The van der Waals surface area contributed by atoms with Gasteiger partial charge in [0.05, 0.1) is 17.4 Å². The Labute approximate surface area is 79.5 Å². The number of hydrogen-bond donors (Lipinski definition) is 1. The Morgan fingerprint density at radius 3 is 2.93 bits per heavy atom. The summed E-state index contributed by atoms with van der Waals surface area (Å²) in [6.07, 6.45) is 3.10. The van der Waals surface area contributed by atoms with Crippen LogP contribution in [0, 0.1) is 10.1 Å². The zero-order valence-electron chi connectivity index (χ0n) is 7.41. The summed E-state index contributed by atoms with van der Waals surface area (Å²) < 4.78 is 1.47. The number of nitro groups is 1. The lowest BCUT2D eigenvalue weighted by molar-refractivity contribution is -0.389. The van der Waals surface area contributed by atoms with Crippen molar-refractivity contribution >= 4 is 5.82 Å². The molecule has 2 unspecified atom stereocenters. The van der Waals surface area contributed by atoms with Gasteiger partial charge in [-0.25, -0.2) is 4.68 Å². The summed E-state index contributed by atoms with van der Waals surface area (Å²) in [5.41, 5.74) is 0. The van der Waals surface area contributed by atoms with E-state index in [-0.39, 0.29) is 18.0 Å². The second-order valence-corrected chi connectivity index (χ2v) is 3.43. The molecule has 14 heavy (non-hydrogen) atoms. The van der Waals surface area contributed by atoms with E-state index in [4.69, 9.17) is 0 Å². The number of hydrogen-bond acceptors (Lipinski definition) is 5. The van der Waals surface area contributed by atoms with E-state index in [0.717, 1.165) is 12.8 Å². The maximum Gasteiger partial charge on any atom is 0.410 e. The average molecular weight is 198 g/mol. The fraction of sp³-hybridized carbons (Fsp3) is 0.714. The third-order valence-electron chi connectivity index (χ3n) is 2.44. The number of aliphatic hydroxyl groups excluding tert-OH is 1. The second-order valence-electron chi connectivity index (χ2n) is 3.43. The molecular weight excluding hydrogens is 188 g/mol. The molecule has 0 saturated heterocycles. The van der Waals surface area contributed by atoms with Gasteiger partial charge in [-0.15, -0.1) is 0 Å². The first-order chi connectivity index (χ1) is 6.66. The van der Waals surface area contributed by atoms with Crippen molar-refractivity contribution in [2.75, 3.05) is 0 Å². The average Bonchev–Trinajstić information content (AvgIpc) is 2.70. The molecule has 0 amide bonds. The van der Waals surface area contributed by atoms with Gasteiger partial charge >= 0.3 is 5.82 Å². The van der Waals surface area contributed by atoms with E-state index < -0.39 is 4.92 Å². The summed E-state index contributed by atoms with van der Waals surface area (Å²) in [5.74, 6) is -0.244. The Balaban J connectivity index is 2.13. The molecule has 0 aliphatic heterocycles. The van der Waals surface area contributed by atoms with Crippen molar-refractivity contribution in [3.8, 4) is 0 Å². The molecule has 1 heterocycles. The SMILES string of the molecule is O=[N+]([O-])c1cn(C2CCC(O)C2)nn1. The van der Waals surface area contributed by atoms with Gasteiger partial charge in [-0.3, -0.25) is 0 Å². The molecule has 2 rings (SSSR count). The van der Waals surface area contributed by atoms with E-state index >= 15 is 0 Å². The van der Waals surface area contributed by atoms with Gasteiger partial charge in [-0.1, -0.05) is 0 Å². The normalized spacial score (nSPS) is 26.6. The van der Waals surface area contributed by atoms with Crippen molar-refractivity contribution in [1.82, 2.24) is 15.0 Å². The molecule has 1 N–H and O–H groups in total. The maximum absolute atomic E-state index is 10.3. The van der Waals surface area contributed by atoms with Crippen LogP contribution >= 0.6 is 0 Å². The van der Waals surface area contributed by atoms with Crippen LogP contribution in [0.5, 0.6) is 0 Å². The van der Waals surface area contributed by atoms with Crippen LogP contribution in [-0.4, -0.2) is 31.1 Å². The molecule has 1 aliphatic rings. The van der Waals surface area contributed by atoms with Crippen LogP contribution in [-0.2, 0) is 0 Å². The van der Waals surface area contributed by atoms with Crippen LogP contribution in [0.1, 0.15) is 25.3 Å².